The van der Waals surface area contributed by atoms with E-state index in [1.807, 2.05) is 0 Å². The predicted molar refractivity (Wildman–Crippen MR) is 80.0 cm³/mol. The minimum absolute atomic E-state index is 0.196. The van der Waals surface area contributed by atoms with E-state index in [1.54, 1.807) is 25.3 Å². The van der Waals surface area contributed by atoms with Crippen molar-refractivity contribution in [1.29, 1.82) is 0 Å². The summed E-state index contributed by atoms with van der Waals surface area (Å²) in [5.74, 6) is 1.38. The topological polar surface area (TPSA) is 55.7 Å². The zero-order valence-corrected chi connectivity index (χ0v) is 12.4. The van der Waals surface area contributed by atoms with Crippen molar-refractivity contribution in [3.63, 3.8) is 0 Å². The molecular formula is C15H14F3N3O2. The van der Waals surface area contributed by atoms with Crippen LogP contribution in [0.25, 0.3) is 0 Å². The number of alkyl halides is 3. The molecule has 2 rings (SSSR count). The predicted octanol–water partition coefficient (Wildman–Crippen LogP) is 3.56. The summed E-state index contributed by atoms with van der Waals surface area (Å²) >= 11 is 0. The van der Waals surface area contributed by atoms with Gasteiger partial charge in [0.2, 0.25) is 0 Å². The summed E-state index contributed by atoms with van der Waals surface area (Å²) in [5.41, 5.74) is 2.41. The van der Waals surface area contributed by atoms with Crippen LogP contribution in [-0.4, -0.2) is 25.4 Å². The lowest BCUT2D eigenvalue weighted by Crippen LogP contribution is -2.05. The molecule has 0 fully saturated rings. The van der Waals surface area contributed by atoms with E-state index in [2.05, 4.69) is 15.5 Å². The van der Waals surface area contributed by atoms with E-state index in [0.717, 1.165) is 12.3 Å². The largest absolute Gasteiger partial charge is 0.497 e. The van der Waals surface area contributed by atoms with Crippen LogP contribution >= 0.6 is 0 Å². The molecule has 0 amide bonds. The number of pyridine rings is 1. The number of hydrazone groups is 1. The van der Waals surface area contributed by atoms with Crippen LogP contribution in [0.4, 0.5) is 19.0 Å². The average molecular weight is 325 g/mol. The molecule has 0 aliphatic heterocycles. The maximum atomic E-state index is 12.4. The molecule has 1 N–H and O–H groups in total. The highest BCUT2D eigenvalue weighted by molar-refractivity contribution is 5.84. The molecule has 0 spiro atoms. The summed E-state index contributed by atoms with van der Waals surface area (Å²) in [6.07, 6.45) is -2.20. The number of ether oxygens (including phenoxy) is 2. The molecule has 0 saturated heterocycles. The van der Waals surface area contributed by atoms with Gasteiger partial charge in [0.1, 0.15) is 17.3 Å². The van der Waals surface area contributed by atoms with Crippen LogP contribution in [0.5, 0.6) is 11.5 Å². The van der Waals surface area contributed by atoms with E-state index in [4.69, 9.17) is 9.47 Å². The van der Waals surface area contributed by atoms with Crippen LogP contribution in [0.3, 0.4) is 0 Å². The van der Waals surface area contributed by atoms with Crippen LogP contribution in [0.2, 0.25) is 0 Å². The first-order valence-electron chi connectivity index (χ1n) is 6.48. The molecule has 122 valence electrons. The molecule has 0 bridgehead atoms. The third-order valence-electron chi connectivity index (χ3n) is 2.91. The van der Waals surface area contributed by atoms with E-state index in [9.17, 15) is 13.2 Å². The van der Waals surface area contributed by atoms with E-state index >= 15 is 0 Å². The van der Waals surface area contributed by atoms with Gasteiger partial charge >= 0.3 is 6.18 Å². The number of methoxy groups -OCH3 is 2. The summed E-state index contributed by atoms with van der Waals surface area (Å²) in [4.78, 5) is 3.65. The zero-order valence-electron chi connectivity index (χ0n) is 12.4. The van der Waals surface area contributed by atoms with Crippen LogP contribution in [0, 0.1) is 0 Å². The SMILES string of the molecule is COc1ccc(C=NNc2ccc(C(F)(F)F)cn2)c(OC)c1. The number of halogens is 3. The second kappa shape index (κ2) is 6.99. The van der Waals surface area contributed by atoms with Gasteiger partial charge in [0.15, 0.2) is 0 Å². The number of nitrogens with one attached hydrogen (secondary N) is 1. The fourth-order valence-corrected chi connectivity index (χ4v) is 1.72. The Kier molecular flexibility index (Phi) is 5.05. The Bertz CT molecular complexity index is 685. The highest BCUT2D eigenvalue weighted by atomic mass is 19.4. The van der Waals surface area contributed by atoms with Gasteiger partial charge in [-0.05, 0) is 24.3 Å². The van der Waals surface area contributed by atoms with Crippen molar-refractivity contribution in [1.82, 2.24) is 4.98 Å². The van der Waals surface area contributed by atoms with E-state index in [0.29, 0.717) is 17.1 Å². The number of hydrogen-bond donors (Lipinski definition) is 1. The van der Waals surface area contributed by atoms with Crippen molar-refractivity contribution < 1.29 is 22.6 Å². The minimum Gasteiger partial charge on any atom is -0.497 e. The molecule has 1 heterocycles. The van der Waals surface area contributed by atoms with Crippen LogP contribution < -0.4 is 14.9 Å². The summed E-state index contributed by atoms with van der Waals surface area (Å²) in [7, 11) is 3.05. The minimum atomic E-state index is -4.41. The molecule has 0 unspecified atom stereocenters. The summed E-state index contributed by atoms with van der Waals surface area (Å²) in [6, 6.07) is 7.30. The van der Waals surface area contributed by atoms with Crippen molar-refractivity contribution in [2.24, 2.45) is 5.10 Å². The van der Waals surface area contributed by atoms with E-state index in [-0.39, 0.29) is 5.82 Å². The van der Waals surface area contributed by atoms with Gasteiger partial charge in [0, 0.05) is 17.8 Å². The lowest BCUT2D eigenvalue weighted by atomic mass is 10.2. The summed E-state index contributed by atoms with van der Waals surface area (Å²) < 4.78 is 47.6. The molecule has 0 saturated carbocycles. The van der Waals surface area contributed by atoms with Gasteiger partial charge in [-0.15, -0.1) is 0 Å². The maximum absolute atomic E-state index is 12.4. The molecule has 23 heavy (non-hydrogen) atoms. The van der Waals surface area contributed by atoms with Gasteiger partial charge in [0.25, 0.3) is 0 Å². The smallest absolute Gasteiger partial charge is 0.417 e. The number of aromatic nitrogens is 1. The molecule has 0 aliphatic carbocycles. The number of benzene rings is 1. The first-order valence-corrected chi connectivity index (χ1v) is 6.48. The molecular weight excluding hydrogens is 311 g/mol. The fraction of sp³-hybridized carbons (Fsp3) is 0.200. The first kappa shape index (κ1) is 16.6. The lowest BCUT2D eigenvalue weighted by Gasteiger charge is -2.07. The van der Waals surface area contributed by atoms with Crippen LogP contribution in [0.15, 0.2) is 41.6 Å². The van der Waals surface area contributed by atoms with Gasteiger partial charge in [0.05, 0.1) is 26.0 Å². The fourth-order valence-electron chi connectivity index (χ4n) is 1.72. The molecule has 8 heteroatoms. The molecule has 2 aromatic rings. The van der Waals surface area contributed by atoms with Gasteiger partial charge in [-0.2, -0.15) is 18.3 Å². The Balaban J connectivity index is 2.07. The number of hydrogen-bond acceptors (Lipinski definition) is 5. The van der Waals surface area contributed by atoms with Crippen LogP contribution in [-0.2, 0) is 6.18 Å². The second-order valence-electron chi connectivity index (χ2n) is 4.41. The zero-order chi connectivity index (χ0) is 16.9. The summed E-state index contributed by atoms with van der Waals surface area (Å²) in [5, 5.41) is 3.93. The van der Waals surface area contributed by atoms with Gasteiger partial charge in [-0.1, -0.05) is 0 Å². The Morgan fingerprint density at radius 3 is 2.48 bits per heavy atom. The third kappa shape index (κ3) is 4.35. The van der Waals surface area contributed by atoms with Crippen molar-refractivity contribution >= 4 is 12.0 Å². The second-order valence-corrected chi connectivity index (χ2v) is 4.41. The van der Waals surface area contributed by atoms with Gasteiger partial charge in [-0.25, -0.2) is 4.98 Å². The van der Waals surface area contributed by atoms with Crippen molar-refractivity contribution in [3.8, 4) is 11.5 Å². The van der Waals surface area contributed by atoms with Crippen molar-refractivity contribution in [3.05, 3.63) is 47.7 Å². The monoisotopic (exact) mass is 325 g/mol. The van der Waals surface area contributed by atoms with Gasteiger partial charge in [-0.3, -0.25) is 5.43 Å². The molecule has 0 radical (unpaired) electrons. The number of anilines is 1. The molecule has 1 aromatic heterocycles. The molecule has 5 nitrogen and oxygen atoms in total. The van der Waals surface area contributed by atoms with Crippen molar-refractivity contribution in [2.75, 3.05) is 19.6 Å². The van der Waals surface area contributed by atoms with Crippen LogP contribution in [0.1, 0.15) is 11.1 Å². The molecule has 0 aliphatic rings. The van der Waals surface area contributed by atoms with E-state index in [1.165, 1.54) is 19.4 Å². The quantitative estimate of drug-likeness (QED) is 0.674. The maximum Gasteiger partial charge on any atom is 0.417 e. The Morgan fingerprint density at radius 2 is 1.91 bits per heavy atom. The Labute approximate surface area is 130 Å². The normalized spacial score (nSPS) is 11.5. The highest BCUT2D eigenvalue weighted by Crippen LogP contribution is 2.28. The number of nitrogens with zero attached hydrogens (tertiary/aromatic N) is 2. The highest BCUT2D eigenvalue weighted by Gasteiger charge is 2.30. The first-order chi connectivity index (χ1) is 10.9. The third-order valence-corrected chi connectivity index (χ3v) is 2.91. The lowest BCUT2D eigenvalue weighted by molar-refractivity contribution is -0.137. The molecule has 0 atom stereocenters. The summed E-state index contributed by atoms with van der Waals surface area (Å²) in [6.45, 7) is 0. The molecule has 1 aromatic carbocycles. The van der Waals surface area contributed by atoms with Crippen molar-refractivity contribution in [2.45, 2.75) is 6.18 Å². The van der Waals surface area contributed by atoms with E-state index < -0.39 is 11.7 Å². The average Bonchev–Trinajstić information content (AvgIpc) is 2.54. The standard InChI is InChI=1S/C15H14F3N3O2/c1-22-12-5-3-10(13(7-12)23-2)8-20-21-14-6-4-11(9-19-14)15(16,17)18/h3-9H,1-2H3,(H,19,21). The Morgan fingerprint density at radius 1 is 1.13 bits per heavy atom. The van der Waals surface area contributed by atoms with Gasteiger partial charge < -0.3 is 9.47 Å². The Hall–Kier alpha value is -2.77. The number of rotatable bonds is 5.